The van der Waals surface area contributed by atoms with E-state index in [1.807, 2.05) is 0 Å². The van der Waals surface area contributed by atoms with Crippen LogP contribution in [-0.4, -0.2) is 37.2 Å². The van der Waals surface area contributed by atoms with Gasteiger partial charge in [-0.25, -0.2) is 0 Å². The molecule has 0 spiro atoms. The predicted octanol–water partition coefficient (Wildman–Crippen LogP) is 21.4. The molecular formula is C66H120O6. The van der Waals surface area contributed by atoms with Crippen LogP contribution in [0.3, 0.4) is 0 Å². The van der Waals surface area contributed by atoms with Crippen molar-refractivity contribution < 1.29 is 28.6 Å². The van der Waals surface area contributed by atoms with Crippen molar-refractivity contribution in [3.05, 3.63) is 48.6 Å². The van der Waals surface area contributed by atoms with Gasteiger partial charge in [0.1, 0.15) is 13.2 Å². The number of rotatable bonds is 58. The highest BCUT2D eigenvalue weighted by atomic mass is 16.6. The Morgan fingerprint density at radius 3 is 0.847 bits per heavy atom. The number of hydrogen-bond donors (Lipinski definition) is 0. The van der Waals surface area contributed by atoms with Gasteiger partial charge in [-0.1, -0.05) is 307 Å². The van der Waals surface area contributed by atoms with E-state index in [4.69, 9.17) is 14.2 Å². The first-order chi connectivity index (χ1) is 35.5. The second-order valence-electron chi connectivity index (χ2n) is 21.3. The fourth-order valence-corrected chi connectivity index (χ4v) is 9.38. The lowest BCUT2D eigenvalue weighted by molar-refractivity contribution is -0.167. The third kappa shape index (κ3) is 58.3. The van der Waals surface area contributed by atoms with E-state index in [2.05, 4.69) is 69.4 Å². The van der Waals surface area contributed by atoms with Crippen LogP contribution < -0.4 is 0 Å². The molecule has 0 aliphatic heterocycles. The van der Waals surface area contributed by atoms with Crippen molar-refractivity contribution in [1.29, 1.82) is 0 Å². The largest absolute Gasteiger partial charge is 0.462 e. The molecule has 0 aliphatic rings. The summed E-state index contributed by atoms with van der Waals surface area (Å²) in [6.07, 6.45) is 75.4. The van der Waals surface area contributed by atoms with Crippen LogP contribution in [-0.2, 0) is 28.6 Å². The minimum Gasteiger partial charge on any atom is -0.462 e. The van der Waals surface area contributed by atoms with Crippen LogP contribution in [0.2, 0.25) is 0 Å². The van der Waals surface area contributed by atoms with Gasteiger partial charge in [-0.05, 0) is 57.8 Å². The third-order valence-corrected chi connectivity index (χ3v) is 14.1. The molecule has 6 nitrogen and oxygen atoms in total. The van der Waals surface area contributed by atoms with Gasteiger partial charge in [0.2, 0.25) is 0 Å². The molecule has 0 aromatic rings. The lowest BCUT2D eigenvalue weighted by Crippen LogP contribution is -2.30. The first kappa shape index (κ1) is 69.4. The Hall–Kier alpha value is -2.63. The van der Waals surface area contributed by atoms with Crippen molar-refractivity contribution in [2.75, 3.05) is 13.2 Å². The summed E-state index contributed by atoms with van der Waals surface area (Å²) in [7, 11) is 0. The Balaban J connectivity index is 4.29. The number of hydrogen-bond acceptors (Lipinski definition) is 6. The summed E-state index contributed by atoms with van der Waals surface area (Å²) >= 11 is 0. The highest BCUT2D eigenvalue weighted by Gasteiger charge is 2.19. The number of ether oxygens (including phenoxy) is 3. The van der Waals surface area contributed by atoms with Gasteiger partial charge in [-0.3, -0.25) is 14.4 Å². The average molecular weight is 1010 g/mol. The number of esters is 3. The van der Waals surface area contributed by atoms with Crippen LogP contribution in [0.1, 0.15) is 335 Å². The fraction of sp³-hybridized carbons (Fsp3) is 0.833. The Morgan fingerprint density at radius 2 is 0.542 bits per heavy atom. The molecule has 0 heterocycles. The van der Waals surface area contributed by atoms with Gasteiger partial charge in [0.15, 0.2) is 6.10 Å². The van der Waals surface area contributed by atoms with E-state index in [0.29, 0.717) is 19.3 Å². The number of carbonyl (C=O) groups excluding carboxylic acids is 3. The van der Waals surface area contributed by atoms with E-state index in [1.54, 1.807) is 0 Å². The summed E-state index contributed by atoms with van der Waals surface area (Å²) in [5.74, 6) is -0.850. The molecule has 0 aromatic carbocycles. The summed E-state index contributed by atoms with van der Waals surface area (Å²) in [4.78, 5) is 38.3. The van der Waals surface area contributed by atoms with Crippen LogP contribution in [0, 0.1) is 0 Å². The lowest BCUT2D eigenvalue weighted by atomic mass is 10.0. The van der Waals surface area contributed by atoms with Crippen LogP contribution in [0.15, 0.2) is 48.6 Å². The smallest absolute Gasteiger partial charge is 0.306 e. The summed E-state index contributed by atoms with van der Waals surface area (Å²) in [6.45, 7) is 6.58. The summed E-state index contributed by atoms with van der Waals surface area (Å²) in [5.41, 5.74) is 0. The minimum atomic E-state index is -0.771. The van der Waals surface area contributed by atoms with Crippen molar-refractivity contribution in [3.63, 3.8) is 0 Å². The molecule has 0 saturated carbocycles. The van der Waals surface area contributed by atoms with Gasteiger partial charge in [0.05, 0.1) is 0 Å². The van der Waals surface area contributed by atoms with E-state index < -0.39 is 6.10 Å². The van der Waals surface area contributed by atoms with E-state index >= 15 is 0 Å². The highest BCUT2D eigenvalue weighted by Crippen LogP contribution is 2.17. The van der Waals surface area contributed by atoms with Gasteiger partial charge in [-0.2, -0.15) is 0 Å². The maximum atomic E-state index is 12.9. The molecule has 0 rings (SSSR count). The van der Waals surface area contributed by atoms with Gasteiger partial charge >= 0.3 is 17.9 Å². The molecule has 0 aliphatic carbocycles. The van der Waals surface area contributed by atoms with Crippen LogP contribution in [0.4, 0.5) is 0 Å². The zero-order chi connectivity index (χ0) is 52.2. The Morgan fingerprint density at radius 1 is 0.292 bits per heavy atom. The van der Waals surface area contributed by atoms with E-state index in [-0.39, 0.29) is 31.1 Å². The number of carbonyl (C=O) groups is 3. The van der Waals surface area contributed by atoms with Gasteiger partial charge in [-0.15, -0.1) is 0 Å². The van der Waals surface area contributed by atoms with Crippen LogP contribution in [0.25, 0.3) is 0 Å². The predicted molar refractivity (Wildman–Crippen MR) is 312 cm³/mol. The maximum absolute atomic E-state index is 12.9. The first-order valence-electron chi connectivity index (χ1n) is 31.6. The minimum absolute atomic E-state index is 0.0687. The third-order valence-electron chi connectivity index (χ3n) is 14.1. The molecule has 6 heteroatoms. The fourth-order valence-electron chi connectivity index (χ4n) is 9.38. The molecule has 0 saturated heterocycles. The Kier molecular flexibility index (Phi) is 58.7. The summed E-state index contributed by atoms with van der Waals surface area (Å²) < 4.78 is 16.9. The van der Waals surface area contributed by atoms with Crippen molar-refractivity contribution in [3.8, 4) is 0 Å². The molecule has 1 unspecified atom stereocenters. The zero-order valence-corrected chi connectivity index (χ0v) is 48.2. The molecule has 420 valence electrons. The monoisotopic (exact) mass is 1010 g/mol. The van der Waals surface area contributed by atoms with E-state index in [1.165, 1.54) is 212 Å². The molecule has 0 N–H and O–H groups in total. The second kappa shape index (κ2) is 60.9. The van der Waals surface area contributed by atoms with Gasteiger partial charge < -0.3 is 14.2 Å². The summed E-state index contributed by atoms with van der Waals surface area (Å²) in [6, 6.07) is 0. The van der Waals surface area contributed by atoms with Gasteiger partial charge in [0.25, 0.3) is 0 Å². The molecule has 0 radical (unpaired) electrons. The molecule has 0 aromatic heterocycles. The summed E-state index contributed by atoms with van der Waals surface area (Å²) in [5, 5.41) is 0. The average Bonchev–Trinajstić information content (AvgIpc) is 3.38. The number of unbranched alkanes of at least 4 members (excludes halogenated alkanes) is 39. The van der Waals surface area contributed by atoms with E-state index in [9.17, 15) is 14.4 Å². The van der Waals surface area contributed by atoms with Crippen molar-refractivity contribution in [2.45, 2.75) is 341 Å². The van der Waals surface area contributed by atoms with Crippen LogP contribution >= 0.6 is 0 Å². The molecule has 0 fully saturated rings. The van der Waals surface area contributed by atoms with E-state index in [0.717, 1.165) is 83.5 Å². The van der Waals surface area contributed by atoms with Gasteiger partial charge in [0, 0.05) is 19.3 Å². The van der Waals surface area contributed by atoms with Crippen molar-refractivity contribution in [1.82, 2.24) is 0 Å². The Labute approximate surface area is 448 Å². The Bertz CT molecular complexity index is 1250. The first-order valence-corrected chi connectivity index (χ1v) is 31.6. The molecule has 0 amide bonds. The lowest BCUT2D eigenvalue weighted by Gasteiger charge is -2.18. The quantitative estimate of drug-likeness (QED) is 0.0261. The topological polar surface area (TPSA) is 78.9 Å². The molecule has 0 bridgehead atoms. The standard InChI is InChI=1S/C66H120O6/c1-4-7-10-13-16-19-22-25-27-29-31-32-33-34-35-37-38-41-44-47-50-53-56-59-65(68)71-62-63(61-70-64(67)58-55-52-49-46-43-40-24-21-18-15-12-9-6-3)72-66(69)60-57-54-51-48-45-42-39-36-30-28-26-23-20-17-14-11-8-5-2/h7,10,16,19,25,27,31-32,63H,4-6,8-9,11-15,17-18,20-24,26,28-30,33-62H2,1-3H3/b10-7-,19-16-,27-25-,32-31-. The van der Waals surface area contributed by atoms with Crippen molar-refractivity contribution >= 4 is 17.9 Å². The number of allylic oxidation sites excluding steroid dienone is 8. The second-order valence-corrected chi connectivity index (χ2v) is 21.3. The van der Waals surface area contributed by atoms with Crippen molar-refractivity contribution in [2.24, 2.45) is 0 Å². The highest BCUT2D eigenvalue weighted by molar-refractivity contribution is 5.71. The molecular weight excluding hydrogens is 889 g/mol. The maximum Gasteiger partial charge on any atom is 0.306 e. The van der Waals surface area contributed by atoms with Crippen LogP contribution in [0.5, 0.6) is 0 Å². The normalized spacial score (nSPS) is 12.3. The molecule has 72 heavy (non-hydrogen) atoms. The molecule has 1 atom stereocenters. The zero-order valence-electron chi connectivity index (χ0n) is 48.2. The SMILES string of the molecule is CC/C=C\C/C=C\C/C=C\C/C=C\CCCCCCCCCCCCC(=O)OCC(COC(=O)CCCCCCCCCCCCCCC)OC(=O)CCCCCCCCCCCCCCCCCCCC.